The molecule has 0 radical (unpaired) electrons. The number of imidazole rings is 1. The Balaban J connectivity index is 1.66. The smallest absolute Gasteiger partial charge is 0.309 e. The van der Waals surface area contributed by atoms with Gasteiger partial charge in [-0.1, -0.05) is 43.5 Å². The molecule has 4 rings (SSSR count). The van der Waals surface area contributed by atoms with Gasteiger partial charge in [-0.15, -0.1) is 0 Å². The van der Waals surface area contributed by atoms with E-state index in [1.54, 1.807) is 42.5 Å². The minimum Gasteiger partial charge on any atom is -0.382 e. The highest BCUT2D eigenvalue weighted by molar-refractivity contribution is 7.87. The van der Waals surface area contributed by atoms with Gasteiger partial charge in [0.25, 0.3) is 5.91 Å². The number of nitrogens with zero attached hydrogens (tertiary/aromatic N) is 3. The number of rotatable bonds is 10. The summed E-state index contributed by atoms with van der Waals surface area (Å²) in [6.07, 6.45) is 4.56. The van der Waals surface area contributed by atoms with Crippen molar-refractivity contribution in [1.29, 1.82) is 0 Å². The molecular weight excluding hydrogens is 559 g/mol. The number of carbonyl (C=O) groups excluding carboxylic acids is 1. The van der Waals surface area contributed by atoms with Crippen molar-refractivity contribution in [2.24, 2.45) is 5.92 Å². The van der Waals surface area contributed by atoms with E-state index in [9.17, 15) is 13.2 Å². The van der Waals surface area contributed by atoms with Gasteiger partial charge in [0.2, 0.25) is 0 Å². The van der Waals surface area contributed by atoms with E-state index in [-0.39, 0.29) is 23.1 Å². The first-order valence-corrected chi connectivity index (χ1v) is 15.5. The number of hydrogen-bond acceptors (Lipinski definition) is 6. The fraction of sp³-hybridized carbons (Fsp3) is 0.429. The lowest BCUT2D eigenvalue weighted by molar-refractivity contribution is 0.0744. The number of aromatic nitrogens is 2. The number of piperidine rings is 1. The molecule has 2 heterocycles. The van der Waals surface area contributed by atoms with Gasteiger partial charge in [-0.3, -0.25) is 14.8 Å². The molecule has 1 amide bonds. The Morgan fingerprint density at radius 2 is 1.77 bits per heavy atom. The Morgan fingerprint density at radius 1 is 1.08 bits per heavy atom. The lowest BCUT2D eigenvalue weighted by atomic mass is 10.1. The van der Waals surface area contributed by atoms with E-state index < -0.39 is 10.1 Å². The molecule has 1 aliphatic rings. The van der Waals surface area contributed by atoms with Crippen LogP contribution in [0.3, 0.4) is 0 Å². The van der Waals surface area contributed by atoms with Crippen LogP contribution < -0.4 is 9.61 Å². The summed E-state index contributed by atoms with van der Waals surface area (Å²) in [4.78, 5) is 18.0. The maximum absolute atomic E-state index is 13.3. The summed E-state index contributed by atoms with van der Waals surface area (Å²) in [6.45, 7) is 7.51. The Kier molecular flexibility index (Phi) is 9.59. The van der Waals surface area contributed by atoms with Crippen LogP contribution in [0.15, 0.2) is 42.5 Å². The lowest BCUT2D eigenvalue weighted by Gasteiger charge is -2.26. The van der Waals surface area contributed by atoms with Crippen molar-refractivity contribution in [1.82, 2.24) is 20.0 Å². The second-order valence-corrected chi connectivity index (χ2v) is 12.7. The van der Waals surface area contributed by atoms with Crippen molar-refractivity contribution in [2.45, 2.75) is 52.9 Å². The van der Waals surface area contributed by atoms with E-state index in [1.165, 1.54) is 0 Å². The van der Waals surface area contributed by atoms with Crippen molar-refractivity contribution in [3.8, 4) is 22.8 Å². The van der Waals surface area contributed by atoms with Crippen LogP contribution in [0.5, 0.6) is 5.75 Å². The number of carbonyl (C=O) groups is 1. The second-order valence-electron chi connectivity index (χ2n) is 10.2. The van der Waals surface area contributed by atoms with Gasteiger partial charge in [0, 0.05) is 29.4 Å². The number of amides is 1. The van der Waals surface area contributed by atoms with Crippen molar-refractivity contribution >= 4 is 39.2 Å². The number of hydrazine groups is 1. The SMILES string of the molecule is Cc1c(C(=O)NN2CCCCC2)nc(-c2ccc(Cl)cc2Cl)n1-c1ccc(OS(=O)(=O)CCCC(C)C)cc1. The maximum Gasteiger partial charge on any atom is 0.309 e. The van der Waals surface area contributed by atoms with E-state index in [2.05, 4.69) is 19.3 Å². The van der Waals surface area contributed by atoms with Gasteiger partial charge in [-0.05, 0) is 81.0 Å². The summed E-state index contributed by atoms with van der Waals surface area (Å²) < 4.78 is 32.0. The van der Waals surface area contributed by atoms with Crippen LogP contribution in [0.25, 0.3) is 17.1 Å². The molecule has 0 spiro atoms. The summed E-state index contributed by atoms with van der Waals surface area (Å²) >= 11 is 12.7. The average molecular weight is 594 g/mol. The third-order valence-corrected chi connectivity index (χ3v) is 8.39. The Morgan fingerprint density at radius 3 is 2.41 bits per heavy atom. The molecule has 3 aromatic rings. The van der Waals surface area contributed by atoms with Gasteiger partial charge in [0.1, 0.15) is 11.6 Å². The predicted molar refractivity (Wildman–Crippen MR) is 155 cm³/mol. The molecule has 39 heavy (non-hydrogen) atoms. The molecule has 11 heteroatoms. The second kappa shape index (κ2) is 12.7. The molecule has 2 aromatic carbocycles. The molecule has 210 valence electrons. The molecule has 0 saturated carbocycles. The zero-order valence-electron chi connectivity index (χ0n) is 22.4. The van der Waals surface area contributed by atoms with Gasteiger partial charge in [-0.25, -0.2) is 9.99 Å². The monoisotopic (exact) mass is 592 g/mol. The minimum absolute atomic E-state index is 0.0394. The quantitative estimate of drug-likeness (QED) is 0.273. The highest BCUT2D eigenvalue weighted by Gasteiger charge is 2.25. The molecule has 8 nitrogen and oxygen atoms in total. The van der Waals surface area contributed by atoms with Crippen molar-refractivity contribution in [3.05, 3.63) is 63.9 Å². The Hall–Kier alpha value is -2.59. The normalized spacial score (nSPS) is 14.5. The summed E-state index contributed by atoms with van der Waals surface area (Å²) in [5.74, 6) is 0.769. The topological polar surface area (TPSA) is 93.5 Å². The van der Waals surface area contributed by atoms with Crippen LogP contribution in [-0.2, 0) is 10.1 Å². The first-order valence-electron chi connectivity index (χ1n) is 13.2. The molecule has 1 aromatic heterocycles. The fourth-order valence-corrected chi connectivity index (χ4v) is 6.09. The standard InChI is InChI=1S/C28H34Cl2N4O4S/c1-19(2)8-7-17-39(36,37)38-23-12-10-22(11-13-23)34-20(3)26(28(35)32-33-15-5-4-6-16-33)31-27(34)24-14-9-21(29)18-25(24)30/h9-14,18-19H,4-8,15-17H2,1-3H3,(H,32,35). The molecule has 1 N–H and O–H groups in total. The van der Waals surface area contributed by atoms with Gasteiger partial charge >= 0.3 is 10.1 Å². The lowest BCUT2D eigenvalue weighted by Crippen LogP contribution is -2.45. The third kappa shape index (κ3) is 7.54. The molecule has 1 aliphatic heterocycles. The number of hydrogen-bond donors (Lipinski definition) is 1. The first-order chi connectivity index (χ1) is 18.5. The Bertz CT molecular complexity index is 1420. The van der Waals surface area contributed by atoms with Gasteiger partial charge in [0.15, 0.2) is 5.69 Å². The summed E-state index contributed by atoms with van der Waals surface area (Å²) in [7, 11) is -3.70. The van der Waals surface area contributed by atoms with Gasteiger partial charge in [0.05, 0.1) is 16.5 Å². The zero-order valence-corrected chi connectivity index (χ0v) is 24.7. The summed E-state index contributed by atoms with van der Waals surface area (Å²) in [5, 5.41) is 2.80. The van der Waals surface area contributed by atoms with E-state index >= 15 is 0 Å². The van der Waals surface area contributed by atoms with Gasteiger partial charge < -0.3 is 4.18 Å². The largest absolute Gasteiger partial charge is 0.382 e. The fourth-order valence-electron chi connectivity index (χ4n) is 4.59. The molecule has 0 atom stereocenters. The maximum atomic E-state index is 13.3. The van der Waals surface area contributed by atoms with E-state index in [1.807, 2.05) is 16.5 Å². The Labute approximate surface area is 240 Å². The van der Waals surface area contributed by atoms with E-state index in [0.29, 0.717) is 45.2 Å². The van der Waals surface area contributed by atoms with Crippen LogP contribution in [0.1, 0.15) is 62.1 Å². The molecular formula is C28H34Cl2N4O4S. The third-order valence-electron chi connectivity index (χ3n) is 6.60. The van der Waals surface area contributed by atoms with Crippen molar-refractivity contribution < 1.29 is 17.4 Å². The molecule has 0 unspecified atom stereocenters. The van der Waals surface area contributed by atoms with Crippen LogP contribution >= 0.6 is 23.2 Å². The first kappa shape index (κ1) is 29.4. The van der Waals surface area contributed by atoms with E-state index in [0.717, 1.165) is 38.8 Å². The highest BCUT2D eigenvalue weighted by atomic mass is 35.5. The van der Waals surface area contributed by atoms with Crippen LogP contribution in [0.4, 0.5) is 0 Å². The number of nitrogens with one attached hydrogen (secondary N) is 1. The van der Waals surface area contributed by atoms with E-state index in [4.69, 9.17) is 32.4 Å². The van der Waals surface area contributed by atoms with Crippen LogP contribution in [-0.4, -0.2) is 47.7 Å². The van der Waals surface area contributed by atoms with Crippen molar-refractivity contribution in [2.75, 3.05) is 18.8 Å². The average Bonchev–Trinajstić information content (AvgIpc) is 3.21. The van der Waals surface area contributed by atoms with Crippen LogP contribution in [0, 0.1) is 12.8 Å². The van der Waals surface area contributed by atoms with Crippen molar-refractivity contribution in [3.63, 3.8) is 0 Å². The van der Waals surface area contributed by atoms with Crippen LogP contribution in [0.2, 0.25) is 10.0 Å². The zero-order chi connectivity index (χ0) is 28.2. The molecule has 1 fully saturated rings. The molecule has 1 saturated heterocycles. The molecule has 0 aliphatic carbocycles. The number of benzene rings is 2. The molecule has 0 bridgehead atoms. The summed E-state index contributed by atoms with van der Waals surface area (Å²) in [5.41, 5.74) is 5.14. The minimum atomic E-state index is -3.70. The van der Waals surface area contributed by atoms with Gasteiger partial charge in [-0.2, -0.15) is 8.42 Å². The summed E-state index contributed by atoms with van der Waals surface area (Å²) in [6, 6.07) is 11.7. The number of halogens is 2. The highest BCUT2D eigenvalue weighted by Crippen LogP contribution is 2.33. The predicted octanol–water partition coefficient (Wildman–Crippen LogP) is 6.43.